The maximum Gasteiger partial charge on any atom is 0.149 e. The van der Waals surface area contributed by atoms with Gasteiger partial charge in [-0.15, -0.1) is 0 Å². The highest BCUT2D eigenvalue weighted by atomic mass is 19.1. The van der Waals surface area contributed by atoms with E-state index in [1.807, 2.05) is 24.3 Å². The van der Waals surface area contributed by atoms with E-state index >= 15 is 0 Å². The van der Waals surface area contributed by atoms with Crippen LogP contribution in [-0.4, -0.2) is 0 Å². The Morgan fingerprint density at radius 2 is 1.30 bits per heavy atom. The van der Waals surface area contributed by atoms with E-state index in [9.17, 15) is 13.2 Å². The molecule has 1 nitrogen and oxygen atoms in total. The first kappa shape index (κ1) is 21.1. The van der Waals surface area contributed by atoms with Gasteiger partial charge in [0, 0.05) is 28.7 Å². The first-order valence-electron chi connectivity index (χ1n) is 9.63. The number of nitrogens with two attached hydrogens (primary N) is 1. The largest absolute Gasteiger partial charge is 0.394 e. The van der Waals surface area contributed by atoms with Gasteiger partial charge in [0.25, 0.3) is 0 Å². The van der Waals surface area contributed by atoms with Crippen molar-refractivity contribution in [2.45, 2.75) is 26.2 Å². The van der Waals surface area contributed by atoms with Gasteiger partial charge in [-0.25, -0.2) is 13.2 Å². The molecule has 150 valence electrons. The number of hydrogen-bond acceptors (Lipinski definition) is 1. The lowest BCUT2D eigenvalue weighted by molar-refractivity contribution is 0.591. The molecule has 0 saturated carbocycles. The Bertz CT molecular complexity index is 1150. The Kier molecular flexibility index (Phi) is 6.83. The Balaban J connectivity index is 1.77. The molecule has 0 spiro atoms. The standard InChI is InChI=1S/C26H20F3N/c1-2-3-4-5-6-18-7-9-19(10-8-18)11-12-20-13-14-22(23(27)15-20)21-16-24(28)26(30)25(29)17-21/h7-10,13-17H,2-4,30H2,1H3. The predicted octanol–water partition coefficient (Wildman–Crippen LogP) is 6.29. The summed E-state index contributed by atoms with van der Waals surface area (Å²) in [4.78, 5) is 0. The Hall–Kier alpha value is -3.63. The fourth-order valence-corrected chi connectivity index (χ4v) is 2.78. The van der Waals surface area contributed by atoms with E-state index < -0.39 is 23.1 Å². The van der Waals surface area contributed by atoms with Gasteiger partial charge in [0.05, 0.1) is 0 Å². The summed E-state index contributed by atoms with van der Waals surface area (Å²) in [5.74, 6) is 9.65. The van der Waals surface area contributed by atoms with Crippen molar-refractivity contribution < 1.29 is 13.2 Å². The van der Waals surface area contributed by atoms with Gasteiger partial charge in [0.1, 0.15) is 23.1 Å². The summed E-state index contributed by atoms with van der Waals surface area (Å²) in [5.41, 5.74) is 6.99. The number of halogens is 3. The fourth-order valence-electron chi connectivity index (χ4n) is 2.78. The van der Waals surface area contributed by atoms with Crippen LogP contribution < -0.4 is 5.73 Å². The molecule has 3 rings (SSSR count). The van der Waals surface area contributed by atoms with Crippen LogP contribution in [0.15, 0.2) is 54.6 Å². The van der Waals surface area contributed by atoms with Gasteiger partial charge in [0.2, 0.25) is 0 Å². The number of unbranched alkanes of at least 4 members (excludes halogenated alkanes) is 2. The zero-order valence-electron chi connectivity index (χ0n) is 16.5. The highest BCUT2D eigenvalue weighted by Gasteiger charge is 2.12. The molecule has 3 aromatic carbocycles. The number of benzene rings is 3. The van der Waals surface area contributed by atoms with Crippen molar-refractivity contribution in [2.75, 3.05) is 5.73 Å². The van der Waals surface area contributed by atoms with Crippen molar-refractivity contribution in [1.82, 2.24) is 0 Å². The van der Waals surface area contributed by atoms with E-state index in [1.54, 1.807) is 6.07 Å². The molecule has 30 heavy (non-hydrogen) atoms. The highest BCUT2D eigenvalue weighted by molar-refractivity contribution is 5.68. The van der Waals surface area contributed by atoms with Crippen molar-refractivity contribution in [3.05, 3.63) is 88.7 Å². The van der Waals surface area contributed by atoms with Gasteiger partial charge < -0.3 is 5.73 Å². The lowest BCUT2D eigenvalue weighted by atomic mass is 10.0. The quantitative estimate of drug-likeness (QED) is 0.310. The van der Waals surface area contributed by atoms with Crippen molar-refractivity contribution in [3.63, 3.8) is 0 Å². The second kappa shape index (κ2) is 9.72. The lowest BCUT2D eigenvalue weighted by Gasteiger charge is -2.07. The maximum atomic E-state index is 14.5. The smallest absolute Gasteiger partial charge is 0.149 e. The predicted molar refractivity (Wildman–Crippen MR) is 115 cm³/mol. The van der Waals surface area contributed by atoms with E-state index in [0.717, 1.165) is 42.5 Å². The van der Waals surface area contributed by atoms with Crippen LogP contribution in [0.1, 0.15) is 42.9 Å². The van der Waals surface area contributed by atoms with Gasteiger partial charge in [-0.1, -0.05) is 43.1 Å². The van der Waals surface area contributed by atoms with E-state index in [1.165, 1.54) is 12.1 Å². The average Bonchev–Trinajstić information content (AvgIpc) is 2.74. The van der Waals surface area contributed by atoms with Crippen molar-refractivity contribution >= 4 is 5.69 Å². The third kappa shape index (κ3) is 5.25. The summed E-state index contributed by atoms with van der Waals surface area (Å²) < 4.78 is 41.8. The second-order valence-electron chi connectivity index (χ2n) is 6.78. The van der Waals surface area contributed by atoms with E-state index in [-0.39, 0.29) is 11.1 Å². The molecule has 0 unspecified atom stereocenters. The third-order valence-electron chi connectivity index (χ3n) is 4.48. The lowest BCUT2D eigenvalue weighted by Crippen LogP contribution is -1.97. The monoisotopic (exact) mass is 403 g/mol. The summed E-state index contributed by atoms with van der Waals surface area (Å²) in [6.07, 6.45) is 3.10. The number of rotatable bonds is 3. The molecule has 4 heteroatoms. The first-order valence-corrected chi connectivity index (χ1v) is 9.63. The molecule has 0 radical (unpaired) electrons. The van der Waals surface area contributed by atoms with Gasteiger partial charge in [-0.3, -0.25) is 0 Å². The van der Waals surface area contributed by atoms with Crippen LogP contribution in [0.5, 0.6) is 0 Å². The number of anilines is 1. The molecule has 0 atom stereocenters. The van der Waals surface area contributed by atoms with Crippen LogP contribution in [0.4, 0.5) is 18.9 Å². The van der Waals surface area contributed by atoms with Crippen LogP contribution in [0.3, 0.4) is 0 Å². The van der Waals surface area contributed by atoms with Crippen LogP contribution in [0.25, 0.3) is 11.1 Å². The molecule has 2 N–H and O–H groups in total. The normalized spacial score (nSPS) is 10.0. The van der Waals surface area contributed by atoms with Crippen LogP contribution in [0, 0.1) is 41.1 Å². The molecule has 0 heterocycles. The number of nitrogen functional groups attached to an aromatic ring is 1. The van der Waals surface area contributed by atoms with Crippen molar-refractivity contribution in [3.8, 4) is 34.8 Å². The average molecular weight is 403 g/mol. The van der Waals surface area contributed by atoms with E-state index in [4.69, 9.17) is 5.73 Å². The molecule has 0 aliphatic rings. The van der Waals surface area contributed by atoms with Gasteiger partial charge >= 0.3 is 0 Å². The Morgan fingerprint density at radius 1 is 0.733 bits per heavy atom. The summed E-state index contributed by atoms with van der Waals surface area (Å²) in [6, 6.07) is 13.8. The summed E-state index contributed by atoms with van der Waals surface area (Å²) in [7, 11) is 0. The topological polar surface area (TPSA) is 26.0 Å². The maximum absolute atomic E-state index is 14.5. The highest BCUT2D eigenvalue weighted by Crippen LogP contribution is 2.28. The summed E-state index contributed by atoms with van der Waals surface area (Å²) >= 11 is 0. The first-order chi connectivity index (χ1) is 14.5. The van der Waals surface area contributed by atoms with Gasteiger partial charge in [-0.2, -0.15) is 0 Å². The van der Waals surface area contributed by atoms with Gasteiger partial charge in [-0.05, 0) is 60.5 Å². The molecule has 3 aromatic rings. The number of hydrogen-bond donors (Lipinski definition) is 1. The second-order valence-corrected chi connectivity index (χ2v) is 6.78. The summed E-state index contributed by atoms with van der Waals surface area (Å²) in [6.45, 7) is 2.13. The minimum absolute atomic E-state index is 0.0735. The van der Waals surface area contributed by atoms with Crippen LogP contribution >= 0.6 is 0 Å². The van der Waals surface area contributed by atoms with Crippen LogP contribution in [-0.2, 0) is 0 Å². The molecule has 0 aliphatic carbocycles. The SMILES string of the molecule is CCCCC#Cc1ccc(C#Cc2ccc(-c3cc(F)c(N)c(F)c3)c(F)c2)cc1. The molecule has 0 saturated heterocycles. The Labute approximate surface area is 174 Å². The van der Waals surface area contributed by atoms with Gasteiger partial charge in [0.15, 0.2) is 0 Å². The van der Waals surface area contributed by atoms with Crippen molar-refractivity contribution in [2.24, 2.45) is 0 Å². The molecule has 0 amide bonds. The van der Waals surface area contributed by atoms with E-state index in [2.05, 4.69) is 30.6 Å². The summed E-state index contributed by atoms with van der Waals surface area (Å²) in [5, 5.41) is 0. The van der Waals surface area contributed by atoms with Crippen molar-refractivity contribution in [1.29, 1.82) is 0 Å². The zero-order chi connectivity index (χ0) is 21.5. The van der Waals surface area contributed by atoms with Crippen LogP contribution in [0.2, 0.25) is 0 Å². The molecular formula is C26H20F3N. The minimum Gasteiger partial charge on any atom is -0.394 e. The molecule has 0 bridgehead atoms. The Morgan fingerprint density at radius 3 is 1.90 bits per heavy atom. The zero-order valence-corrected chi connectivity index (χ0v) is 16.5. The van der Waals surface area contributed by atoms with E-state index in [0.29, 0.717) is 5.56 Å². The molecule has 0 fully saturated rings. The molecule has 0 aliphatic heterocycles. The minimum atomic E-state index is -0.924. The third-order valence-corrected chi connectivity index (χ3v) is 4.48. The fraction of sp³-hybridized carbons (Fsp3) is 0.154. The molecular weight excluding hydrogens is 383 g/mol. The molecule has 0 aromatic heterocycles.